The molecule has 1 heterocycles. The molecular formula is C21H23N2O6P. The number of rotatable bonds is 9. The summed E-state index contributed by atoms with van der Waals surface area (Å²) in [6.45, 7) is -0.374. The van der Waals surface area contributed by atoms with Crippen molar-refractivity contribution < 1.29 is 27.7 Å². The fourth-order valence-corrected chi connectivity index (χ4v) is 5.71. The molecule has 2 aromatic rings. The third-order valence-corrected chi connectivity index (χ3v) is 6.91. The monoisotopic (exact) mass is 430 g/mol. The molecule has 9 heteroatoms. The Morgan fingerprint density at radius 3 is 2.00 bits per heavy atom. The summed E-state index contributed by atoms with van der Waals surface area (Å²) < 4.78 is 29.2. The topological polar surface area (TPSA) is 114 Å². The molecule has 0 saturated carbocycles. The first-order valence-electron chi connectivity index (χ1n) is 9.36. The molecule has 1 aliphatic rings. The molecule has 0 bridgehead atoms. The molecule has 8 nitrogen and oxygen atoms in total. The molecule has 158 valence electrons. The number of hydrogen-bond acceptors (Lipinski definition) is 8. The van der Waals surface area contributed by atoms with Crippen LogP contribution in [0.15, 0.2) is 60.7 Å². The maximum absolute atomic E-state index is 11.6. The van der Waals surface area contributed by atoms with Crippen LogP contribution in [0.4, 0.5) is 0 Å². The van der Waals surface area contributed by atoms with Gasteiger partial charge in [-0.1, -0.05) is 0 Å². The van der Waals surface area contributed by atoms with Gasteiger partial charge in [0.25, 0.3) is 0 Å². The van der Waals surface area contributed by atoms with Crippen LogP contribution >= 0.6 is 7.74 Å². The van der Waals surface area contributed by atoms with Crippen molar-refractivity contribution in [2.24, 2.45) is 0 Å². The van der Waals surface area contributed by atoms with Gasteiger partial charge in [0, 0.05) is 0 Å². The Hall–Kier alpha value is -2.39. The molecule has 1 saturated heterocycles. The van der Waals surface area contributed by atoms with Gasteiger partial charge in [0.15, 0.2) is 0 Å². The van der Waals surface area contributed by atoms with E-state index in [1.807, 2.05) is 48.5 Å². The first-order chi connectivity index (χ1) is 14.5. The van der Waals surface area contributed by atoms with Crippen molar-refractivity contribution in [3.05, 3.63) is 71.8 Å². The summed E-state index contributed by atoms with van der Waals surface area (Å²) in [5.74, 6) is -1.59. The van der Waals surface area contributed by atoms with Crippen LogP contribution in [-0.4, -0.2) is 25.2 Å². The molecule has 0 spiro atoms. The van der Waals surface area contributed by atoms with E-state index in [1.54, 1.807) is 24.3 Å². The maximum atomic E-state index is 11.6. The Labute approximate surface area is 175 Å². The fourth-order valence-electron chi connectivity index (χ4n) is 3.23. The molecular weight excluding hydrogens is 407 g/mol. The van der Waals surface area contributed by atoms with Gasteiger partial charge in [-0.05, 0) is 0 Å². The van der Waals surface area contributed by atoms with Crippen LogP contribution in [0.3, 0.4) is 0 Å². The summed E-state index contributed by atoms with van der Waals surface area (Å²) in [4.78, 5) is 11.6. The van der Waals surface area contributed by atoms with Crippen molar-refractivity contribution in [3.8, 4) is 12.1 Å². The van der Waals surface area contributed by atoms with Gasteiger partial charge in [-0.3, -0.25) is 0 Å². The van der Waals surface area contributed by atoms with Gasteiger partial charge in [0.1, 0.15) is 0 Å². The van der Waals surface area contributed by atoms with E-state index in [-0.39, 0.29) is 26.1 Å². The standard InChI is InChI=1S/C21H23N2O6P/c1-25-21(19-12-6-3-7-13-19)20(18-10-4-2-5-11-18)28-30(24,29-21,26-16-8-14-22)27-17-9-15-23/h2-7,10-13,20,24H,8-9,16-17H2,1H3. The Bertz CT molecular complexity index is 910. The second-order valence-electron chi connectivity index (χ2n) is 6.48. The number of nitriles is 2. The van der Waals surface area contributed by atoms with Crippen LogP contribution in [0.2, 0.25) is 0 Å². The Morgan fingerprint density at radius 2 is 1.50 bits per heavy atom. The molecule has 3 rings (SSSR count). The molecule has 2 aromatic carbocycles. The first kappa shape index (κ1) is 22.3. The van der Waals surface area contributed by atoms with Crippen molar-refractivity contribution >= 4 is 7.74 Å². The summed E-state index contributed by atoms with van der Waals surface area (Å²) in [6, 6.07) is 22.0. The van der Waals surface area contributed by atoms with Crippen LogP contribution in [0.5, 0.6) is 0 Å². The van der Waals surface area contributed by atoms with Crippen LogP contribution in [0, 0.1) is 22.7 Å². The summed E-state index contributed by atoms with van der Waals surface area (Å²) in [7, 11) is -3.79. The van der Waals surface area contributed by atoms with Gasteiger partial charge in [0.2, 0.25) is 0 Å². The fraction of sp³-hybridized carbons (Fsp3) is 0.333. The molecule has 2 atom stereocenters. The van der Waals surface area contributed by atoms with Gasteiger partial charge in [-0.15, -0.1) is 0 Å². The molecule has 30 heavy (non-hydrogen) atoms. The third kappa shape index (κ3) is 4.37. The van der Waals surface area contributed by atoms with Crippen LogP contribution in [-0.2, 0) is 28.6 Å². The van der Waals surface area contributed by atoms with Crippen molar-refractivity contribution in [3.63, 3.8) is 0 Å². The van der Waals surface area contributed by atoms with E-state index in [4.69, 9.17) is 33.4 Å². The molecule has 1 fully saturated rings. The predicted octanol–water partition coefficient (Wildman–Crippen LogP) is 4.26. The van der Waals surface area contributed by atoms with Crippen molar-refractivity contribution in [1.82, 2.24) is 0 Å². The van der Waals surface area contributed by atoms with E-state index in [2.05, 4.69) is 0 Å². The van der Waals surface area contributed by atoms with Crippen LogP contribution in [0.25, 0.3) is 0 Å². The summed E-state index contributed by atoms with van der Waals surface area (Å²) in [6.07, 6.45) is -0.986. The molecule has 0 aliphatic carbocycles. The number of ether oxygens (including phenoxy) is 1. The number of hydrogen-bond donors (Lipinski definition) is 1. The average molecular weight is 430 g/mol. The molecule has 0 amide bonds. The van der Waals surface area contributed by atoms with Gasteiger partial charge in [0.05, 0.1) is 0 Å². The van der Waals surface area contributed by atoms with Gasteiger partial charge in [-0.25, -0.2) is 0 Å². The number of benzene rings is 2. The van der Waals surface area contributed by atoms with Crippen LogP contribution < -0.4 is 0 Å². The molecule has 1 aliphatic heterocycles. The molecule has 0 radical (unpaired) electrons. The number of nitrogens with zero attached hydrogens (tertiary/aromatic N) is 2. The second kappa shape index (κ2) is 9.18. The van der Waals surface area contributed by atoms with Gasteiger partial charge >= 0.3 is 175 Å². The average Bonchev–Trinajstić information content (AvgIpc) is 3.07. The SMILES string of the molecule is COC1(c2ccccc2)OP(O)(OCCC#N)(OCCC#N)OC1c1ccccc1. The Morgan fingerprint density at radius 1 is 0.967 bits per heavy atom. The zero-order chi connectivity index (χ0) is 21.5. The predicted molar refractivity (Wildman–Crippen MR) is 108 cm³/mol. The van der Waals surface area contributed by atoms with Gasteiger partial charge < -0.3 is 0 Å². The van der Waals surface area contributed by atoms with E-state index >= 15 is 0 Å². The third-order valence-electron chi connectivity index (χ3n) is 4.54. The molecule has 1 N–H and O–H groups in total. The molecule has 0 aromatic heterocycles. The van der Waals surface area contributed by atoms with Crippen LogP contribution in [0.1, 0.15) is 30.1 Å². The summed E-state index contributed by atoms with van der Waals surface area (Å²) in [5.41, 5.74) is 1.24. The Kier molecular flexibility index (Phi) is 6.82. The quantitative estimate of drug-likeness (QED) is 0.464. The first-order valence-corrected chi connectivity index (χ1v) is 11.2. The summed E-state index contributed by atoms with van der Waals surface area (Å²) >= 11 is 0. The van der Waals surface area contributed by atoms with E-state index in [1.165, 1.54) is 7.11 Å². The molecule has 2 unspecified atom stereocenters. The van der Waals surface area contributed by atoms with E-state index in [0.29, 0.717) is 11.1 Å². The number of methoxy groups -OCH3 is 1. The van der Waals surface area contributed by atoms with Crippen molar-refractivity contribution in [2.45, 2.75) is 24.7 Å². The van der Waals surface area contributed by atoms with E-state index in [9.17, 15) is 4.89 Å². The zero-order valence-corrected chi connectivity index (χ0v) is 17.4. The Balaban J connectivity index is 2.12. The zero-order valence-electron chi connectivity index (χ0n) is 16.5. The van der Waals surface area contributed by atoms with E-state index in [0.717, 1.165) is 0 Å². The normalized spacial score (nSPS) is 25.5. The van der Waals surface area contributed by atoms with Crippen molar-refractivity contribution in [2.75, 3.05) is 20.3 Å². The van der Waals surface area contributed by atoms with Gasteiger partial charge in [-0.2, -0.15) is 0 Å². The van der Waals surface area contributed by atoms with Crippen molar-refractivity contribution in [1.29, 1.82) is 10.5 Å². The van der Waals surface area contributed by atoms with E-state index < -0.39 is 19.6 Å². The second-order valence-corrected chi connectivity index (χ2v) is 8.94. The summed E-state index contributed by atoms with van der Waals surface area (Å²) in [5, 5.41) is 17.8. The minimum atomic E-state index is -5.22. The minimum absolute atomic E-state index is 0.0197.